The number of rotatable bonds is 16. The Bertz CT molecular complexity index is 1160. The summed E-state index contributed by atoms with van der Waals surface area (Å²) < 4.78 is 17.9. The number of carbonyl (C=O) groups is 2. The largest absolute Gasteiger partial charge is 0.493 e. The molecule has 0 bridgehead atoms. The van der Waals surface area contributed by atoms with Crippen LogP contribution in [0.2, 0.25) is 0 Å². The van der Waals surface area contributed by atoms with Crippen molar-refractivity contribution in [2.45, 2.75) is 110 Å². The van der Waals surface area contributed by atoms with Gasteiger partial charge in [0, 0.05) is 36.5 Å². The Morgan fingerprint density at radius 2 is 1.60 bits per heavy atom. The van der Waals surface area contributed by atoms with Crippen LogP contribution in [0.3, 0.4) is 0 Å². The third-order valence-corrected chi connectivity index (χ3v) is 9.84. The zero-order valence-corrected chi connectivity index (χ0v) is 26.8. The van der Waals surface area contributed by atoms with Gasteiger partial charge in [-0.2, -0.15) is 0 Å². The maximum absolute atomic E-state index is 14.3. The molecule has 5 heteroatoms. The van der Waals surface area contributed by atoms with Gasteiger partial charge >= 0.3 is 0 Å². The van der Waals surface area contributed by atoms with Gasteiger partial charge in [0.15, 0.2) is 0 Å². The Morgan fingerprint density at radius 3 is 2.12 bits per heavy atom. The van der Waals surface area contributed by atoms with E-state index in [1.165, 1.54) is 11.1 Å². The molecule has 1 aliphatic carbocycles. The summed E-state index contributed by atoms with van der Waals surface area (Å²) in [5.41, 5.74) is 2.97. The van der Waals surface area contributed by atoms with Crippen molar-refractivity contribution in [3.63, 3.8) is 0 Å². The number of hydrogen-bond acceptors (Lipinski definition) is 5. The van der Waals surface area contributed by atoms with Crippen LogP contribution in [0.4, 0.5) is 0 Å². The standard InChI is InChI=1S/C37H52O5/c1-7-41-33-23-29(24-34(42-8-2)35(33)28-16-17-28)26(3)31(15-12-18-36(5,6)30-13-10-9-11-14-30)32(39)25-37(27(4)38)19-21-40-22-20-37/h9-11,13-14,23-24,26,28,31H,7-8,12,15-22,25H2,1-6H3/t26-,31?/m1/s1. The highest BCUT2D eigenvalue weighted by molar-refractivity contribution is 5.91. The highest BCUT2D eigenvalue weighted by atomic mass is 16.5. The lowest BCUT2D eigenvalue weighted by Gasteiger charge is -2.36. The lowest BCUT2D eigenvalue weighted by Crippen LogP contribution is -2.39. The second kappa shape index (κ2) is 14.2. The second-order valence-corrected chi connectivity index (χ2v) is 13.2. The van der Waals surface area contributed by atoms with Crippen LogP contribution < -0.4 is 9.47 Å². The summed E-state index contributed by atoms with van der Waals surface area (Å²) in [4.78, 5) is 27.2. The minimum atomic E-state index is -0.612. The predicted octanol–water partition coefficient (Wildman–Crippen LogP) is 8.57. The van der Waals surface area contributed by atoms with Crippen LogP contribution in [-0.4, -0.2) is 38.0 Å². The first-order valence-electron chi connectivity index (χ1n) is 16.2. The Balaban J connectivity index is 1.64. The predicted molar refractivity (Wildman–Crippen MR) is 169 cm³/mol. The maximum Gasteiger partial charge on any atom is 0.137 e. The van der Waals surface area contributed by atoms with Gasteiger partial charge in [-0.05, 0) is 99.8 Å². The molecule has 4 rings (SSSR count). The molecule has 2 aromatic rings. The third-order valence-electron chi connectivity index (χ3n) is 9.84. The topological polar surface area (TPSA) is 61.8 Å². The van der Waals surface area contributed by atoms with Gasteiger partial charge in [0.1, 0.15) is 23.1 Å². The Kier molecular flexibility index (Phi) is 10.9. The normalized spacial score (nSPS) is 18.2. The molecule has 2 aliphatic rings. The fourth-order valence-electron chi connectivity index (χ4n) is 6.81. The van der Waals surface area contributed by atoms with E-state index >= 15 is 0 Å². The van der Waals surface area contributed by atoms with Crippen LogP contribution in [0.15, 0.2) is 42.5 Å². The molecule has 0 spiro atoms. The van der Waals surface area contributed by atoms with Crippen LogP contribution >= 0.6 is 0 Å². The summed E-state index contributed by atoms with van der Waals surface area (Å²) in [5, 5.41) is 0. The van der Waals surface area contributed by atoms with E-state index < -0.39 is 5.41 Å². The number of carbonyl (C=O) groups excluding carboxylic acids is 2. The third kappa shape index (κ3) is 7.64. The van der Waals surface area contributed by atoms with Crippen LogP contribution in [0.1, 0.15) is 121 Å². The molecule has 5 nitrogen and oxygen atoms in total. The molecule has 0 aromatic heterocycles. The van der Waals surface area contributed by atoms with Crippen LogP contribution in [-0.2, 0) is 19.7 Å². The summed E-state index contributed by atoms with van der Waals surface area (Å²) in [7, 11) is 0. The lowest BCUT2D eigenvalue weighted by molar-refractivity contribution is -0.139. The summed E-state index contributed by atoms with van der Waals surface area (Å²) in [6.45, 7) is 14.7. The van der Waals surface area contributed by atoms with Crippen molar-refractivity contribution in [1.82, 2.24) is 0 Å². The average Bonchev–Trinajstić information content (AvgIpc) is 3.81. The van der Waals surface area contributed by atoms with Crippen LogP contribution in [0, 0.1) is 11.3 Å². The van der Waals surface area contributed by atoms with E-state index in [0.29, 0.717) is 51.6 Å². The average molecular weight is 577 g/mol. The van der Waals surface area contributed by atoms with E-state index in [4.69, 9.17) is 14.2 Å². The minimum Gasteiger partial charge on any atom is -0.493 e. The van der Waals surface area contributed by atoms with E-state index in [2.05, 4.69) is 63.2 Å². The van der Waals surface area contributed by atoms with E-state index in [1.54, 1.807) is 6.92 Å². The first kappa shape index (κ1) is 32.3. The molecule has 2 atom stereocenters. The monoisotopic (exact) mass is 576 g/mol. The first-order chi connectivity index (χ1) is 20.1. The summed E-state index contributed by atoms with van der Waals surface area (Å²) >= 11 is 0. The Morgan fingerprint density at radius 1 is 1.00 bits per heavy atom. The van der Waals surface area contributed by atoms with Crippen LogP contribution in [0.5, 0.6) is 11.5 Å². The molecular formula is C37H52O5. The Hall–Kier alpha value is -2.66. The molecule has 0 radical (unpaired) electrons. The zero-order chi connectivity index (χ0) is 30.3. The van der Waals surface area contributed by atoms with Crippen molar-refractivity contribution in [3.8, 4) is 11.5 Å². The molecule has 230 valence electrons. The van der Waals surface area contributed by atoms with Crippen molar-refractivity contribution < 1.29 is 23.8 Å². The van der Waals surface area contributed by atoms with Crippen molar-refractivity contribution in [3.05, 3.63) is 59.2 Å². The van der Waals surface area contributed by atoms with Crippen molar-refractivity contribution in [2.24, 2.45) is 11.3 Å². The number of benzene rings is 2. The van der Waals surface area contributed by atoms with E-state index in [0.717, 1.165) is 49.2 Å². The molecule has 1 heterocycles. The zero-order valence-electron chi connectivity index (χ0n) is 26.8. The van der Waals surface area contributed by atoms with E-state index in [1.807, 2.05) is 13.8 Å². The van der Waals surface area contributed by atoms with Gasteiger partial charge in [-0.15, -0.1) is 0 Å². The molecule has 1 saturated carbocycles. The molecular weight excluding hydrogens is 524 g/mol. The highest BCUT2D eigenvalue weighted by Crippen LogP contribution is 2.51. The van der Waals surface area contributed by atoms with Crippen molar-refractivity contribution in [1.29, 1.82) is 0 Å². The molecule has 42 heavy (non-hydrogen) atoms. The molecule has 0 N–H and O–H groups in total. The first-order valence-corrected chi connectivity index (χ1v) is 16.2. The molecule has 1 unspecified atom stereocenters. The number of ether oxygens (including phenoxy) is 3. The minimum absolute atomic E-state index is 0.00952. The van der Waals surface area contributed by atoms with Gasteiger partial charge in [-0.3, -0.25) is 9.59 Å². The lowest BCUT2D eigenvalue weighted by atomic mass is 9.69. The van der Waals surface area contributed by atoms with Gasteiger partial charge in [-0.25, -0.2) is 0 Å². The van der Waals surface area contributed by atoms with Gasteiger partial charge in [0.25, 0.3) is 0 Å². The molecule has 2 fully saturated rings. The fourth-order valence-corrected chi connectivity index (χ4v) is 6.81. The summed E-state index contributed by atoms with van der Waals surface area (Å²) in [6.07, 6.45) is 6.53. The summed E-state index contributed by atoms with van der Waals surface area (Å²) in [5.74, 6) is 2.35. The second-order valence-electron chi connectivity index (χ2n) is 13.2. The van der Waals surface area contributed by atoms with Gasteiger partial charge in [0.2, 0.25) is 0 Å². The van der Waals surface area contributed by atoms with Gasteiger partial charge in [0.05, 0.1) is 13.2 Å². The number of hydrogen-bond donors (Lipinski definition) is 0. The quantitative estimate of drug-likeness (QED) is 0.200. The molecule has 1 saturated heterocycles. The number of Topliss-reactive ketones (excluding diaryl/α,β-unsaturated/α-hetero) is 2. The van der Waals surface area contributed by atoms with Crippen molar-refractivity contribution >= 4 is 11.6 Å². The van der Waals surface area contributed by atoms with E-state index in [9.17, 15) is 9.59 Å². The number of ketones is 2. The van der Waals surface area contributed by atoms with Crippen LogP contribution in [0.25, 0.3) is 0 Å². The SMILES string of the molecule is CCOc1cc([C@@H](C)C(CCCC(C)(C)c2ccccc2)C(=O)CC2(C(C)=O)CCOCC2)cc(OCC)c1C1CC1. The Labute approximate surface area is 253 Å². The smallest absolute Gasteiger partial charge is 0.137 e. The molecule has 2 aromatic carbocycles. The van der Waals surface area contributed by atoms with Crippen molar-refractivity contribution in [2.75, 3.05) is 26.4 Å². The maximum atomic E-state index is 14.3. The molecule has 1 aliphatic heterocycles. The van der Waals surface area contributed by atoms with E-state index in [-0.39, 0.29) is 28.8 Å². The molecule has 0 amide bonds. The van der Waals surface area contributed by atoms with Gasteiger partial charge in [-0.1, -0.05) is 57.5 Å². The summed E-state index contributed by atoms with van der Waals surface area (Å²) in [6, 6.07) is 15.0. The van der Waals surface area contributed by atoms with Gasteiger partial charge < -0.3 is 14.2 Å². The highest BCUT2D eigenvalue weighted by Gasteiger charge is 2.42. The fraction of sp³-hybridized carbons (Fsp3) is 0.622.